The number of aromatic nitrogens is 2. The number of hydrogen-bond donors (Lipinski definition) is 0. The molecular weight excluding hydrogens is 624 g/mol. The Kier molecular flexibility index (Phi) is 8.21. The minimum atomic E-state index is -1.03. The van der Waals surface area contributed by atoms with Crippen LogP contribution in [0.5, 0.6) is 6.01 Å². The quantitative estimate of drug-likeness (QED) is 0.239. The van der Waals surface area contributed by atoms with E-state index in [1.165, 1.54) is 23.8 Å². The molecule has 3 atom stereocenters. The molecule has 9 nitrogen and oxygen atoms in total. The molecule has 0 N–H and O–H groups in total. The van der Waals surface area contributed by atoms with Crippen molar-refractivity contribution in [3.63, 3.8) is 0 Å². The van der Waals surface area contributed by atoms with Gasteiger partial charge in [-0.2, -0.15) is 9.97 Å². The van der Waals surface area contributed by atoms with E-state index in [-0.39, 0.29) is 30.3 Å². The van der Waals surface area contributed by atoms with Gasteiger partial charge < -0.3 is 29.2 Å². The van der Waals surface area contributed by atoms with E-state index in [2.05, 4.69) is 40.2 Å². The number of carbonyl (C=O) groups is 1. The van der Waals surface area contributed by atoms with Crippen molar-refractivity contribution < 1.29 is 18.3 Å². The summed E-state index contributed by atoms with van der Waals surface area (Å²) < 4.78 is 35.2. The highest BCUT2D eigenvalue weighted by atomic mass is 35.5. The van der Waals surface area contributed by atoms with Gasteiger partial charge in [0, 0.05) is 48.9 Å². The number of benzene rings is 2. The molecule has 2 aliphatic heterocycles. The molecule has 3 fully saturated rings. The smallest absolute Gasteiger partial charge is 0.319 e. The lowest BCUT2D eigenvalue weighted by Crippen LogP contribution is -2.57. The van der Waals surface area contributed by atoms with Crippen LogP contribution in [-0.2, 0) is 17.8 Å². The van der Waals surface area contributed by atoms with Gasteiger partial charge >= 0.3 is 6.01 Å². The summed E-state index contributed by atoms with van der Waals surface area (Å²) in [6.45, 7) is 12.7. The number of fused-ring (bicyclic) bond motifs is 2. The van der Waals surface area contributed by atoms with E-state index in [4.69, 9.17) is 32.9 Å². The summed E-state index contributed by atoms with van der Waals surface area (Å²) in [4.78, 5) is 34.1. The SMILES string of the molecule is [C-]#[N+]CC1CN(c2nc(O[C@@H]3CC4(CC4)C[C@H]3N(C)C)nc3c2CCN(c2cccc4ccc(F)c(Cl)c24)C3)CCN1C(=O)C(=C)F. The van der Waals surface area contributed by atoms with E-state index in [1.54, 1.807) is 6.07 Å². The van der Waals surface area contributed by atoms with E-state index in [9.17, 15) is 13.6 Å². The molecule has 0 radical (unpaired) electrons. The molecule has 1 spiro atoms. The molecule has 246 valence electrons. The summed E-state index contributed by atoms with van der Waals surface area (Å²) in [6, 6.07) is 8.97. The Labute approximate surface area is 278 Å². The molecule has 47 heavy (non-hydrogen) atoms. The fourth-order valence-corrected chi connectivity index (χ4v) is 8.04. The van der Waals surface area contributed by atoms with Gasteiger partial charge in [0.2, 0.25) is 6.54 Å². The van der Waals surface area contributed by atoms with Crippen molar-refractivity contribution in [1.82, 2.24) is 19.8 Å². The lowest BCUT2D eigenvalue weighted by atomic mass is 10.0. The molecule has 2 aliphatic carbocycles. The number of ether oxygens (including phenoxy) is 1. The number of rotatable bonds is 7. The summed E-state index contributed by atoms with van der Waals surface area (Å²) in [5, 5.41) is 1.61. The summed E-state index contributed by atoms with van der Waals surface area (Å²) in [5.41, 5.74) is 2.94. The largest absolute Gasteiger partial charge is 0.458 e. The maximum absolute atomic E-state index is 14.6. The van der Waals surface area contributed by atoms with Crippen LogP contribution in [0.15, 0.2) is 42.7 Å². The lowest BCUT2D eigenvalue weighted by Gasteiger charge is -2.41. The third-order valence-electron chi connectivity index (χ3n) is 10.4. The van der Waals surface area contributed by atoms with Crippen LogP contribution >= 0.6 is 11.6 Å². The maximum atomic E-state index is 14.6. The van der Waals surface area contributed by atoms with E-state index >= 15 is 0 Å². The van der Waals surface area contributed by atoms with Crippen molar-refractivity contribution in [3.05, 3.63) is 76.3 Å². The van der Waals surface area contributed by atoms with Gasteiger partial charge in [-0.1, -0.05) is 36.4 Å². The van der Waals surface area contributed by atoms with Crippen LogP contribution in [0, 0.1) is 17.8 Å². The zero-order chi connectivity index (χ0) is 33.0. The zero-order valence-corrected chi connectivity index (χ0v) is 27.4. The molecule has 2 saturated carbocycles. The Morgan fingerprint density at radius 1 is 1.17 bits per heavy atom. The first kappa shape index (κ1) is 31.6. The predicted octanol–water partition coefficient (Wildman–Crippen LogP) is 5.66. The van der Waals surface area contributed by atoms with E-state index in [0.717, 1.165) is 35.2 Å². The third kappa shape index (κ3) is 5.87. The summed E-state index contributed by atoms with van der Waals surface area (Å²) in [6.07, 6.45) is 5.02. The first-order chi connectivity index (χ1) is 22.6. The van der Waals surface area contributed by atoms with E-state index in [0.29, 0.717) is 55.2 Å². The molecule has 0 bridgehead atoms. The van der Waals surface area contributed by atoms with Crippen molar-refractivity contribution in [2.24, 2.45) is 5.41 Å². The molecule has 3 aromatic rings. The first-order valence-corrected chi connectivity index (χ1v) is 16.5. The van der Waals surface area contributed by atoms with Gasteiger partial charge in [0.25, 0.3) is 5.91 Å². The molecular formula is C35H38ClF2N7O2. The van der Waals surface area contributed by atoms with Gasteiger partial charge in [-0.05, 0) is 69.1 Å². The zero-order valence-electron chi connectivity index (χ0n) is 26.7. The number of halogens is 3. The summed E-state index contributed by atoms with van der Waals surface area (Å²) >= 11 is 6.52. The number of amides is 1. The molecule has 2 aromatic carbocycles. The highest BCUT2D eigenvalue weighted by Gasteiger charge is 2.54. The average molecular weight is 662 g/mol. The number of carbonyl (C=O) groups excluding carboxylic acids is 1. The molecule has 7 rings (SSSR count). The number of piperazine rings is 1. The van der Waals surface area contributed by atoms with Crippen molar-refractivity contribution in [2.75, 3.05) is 56.6 Å². The topological polar surface area (TPSA) is 69.4 Å². The van der Waals surface area contributed by atoms with Crippen molar-refractivity contribution in [3.8, 4) is 6.01 Å². The normalized spacial score (nSPS) is 23.3. The Balaban J connectivity index is 1.26. The minimum absolute atomic E-state index is 0.0347. The fourth-order valence-electron chi connectivity index (χ4n) is 7.77. The Morgan fingerprint density at radius 3 is 2.70 bits per heavy atom. The predicted molar refractivity (Wildman–Crippen MR) is 178 cm³/mol. The molecule has 1 saturated heterocycles. The average Bonchev–Trinajstić information content (AvgIpc) is 3.72. The number of hydrogen-bond acceptors (Lipinski definition) is 7. The second-order valence-corrected chi connectivity index (χ2v) is 14.0. The van der Waals surface area contributed by atoms with Gasteiger partial charge in [0.15, 0.2) is 5.83 Å². The Morgan fingerprint density at radius 2 is 1.98 bits per heavy atom. The Hall–Kier alpha value is -4.01. The van der Waals surface area contributed by atoms with Crippen LogP contribution < -0.4 is 14.5 Å². The highest BCUT2D eigenvalue weighted by Crippen LogP contribution is 2.59. The van der Waals surface area contributed by atoms with Gasteiger partial charge in [0.1, 0.15) is 23.8 Å². The number of likely N-dealkylation sites (N-methyl/N-ethyl adjacent to an activating group) is 1. The second kappa shape index (κ2) is 12.2. The minimum Gasteiger partial charge on any atom is -0.458 e. The Bertz CT molecular complexity index is 1790. The summed E-state index contributed by atoms with van der Waals surface area (Å²) in [7, 11) is 4.17. The van der Waals surface area contributed by atoms with Crippen LogP contribution in [-0.4, -0.2) is 90.7 Å². The first-order valence-electron chi connectivity index (χ1n) is 16.2. The molecule has 3 heterocycles. The maximum Gasteiger partial charge on any atom is 0.319 e. The van der Waals surface area contributed by atoms with E-state index in [1.807, 2.05) is 18.2 Å². The second-order valence-electron chi connectivity index (χ2n) is 13.6. The number of anilines is 2. The molecule has 1 unspecified atom stereocenters. The molecule has 4 aliphatic rings. The van der Waals surface area contributed by atoms with Crippen molar-refractivity contribution >= 4 is 39.8 Å². The molecule has 1 amide bonds. The standard InChI is InChI=1S/C35H38ClF2N7O2/c1-21(37)33(46)45-15-14-44(19-23(45)18-39-2)32-24-10-13-43(27-7-5-6-22-8-9-25(38)31(36)30(22)27)20-26(24)40-34(41-32)47-29-17-35(11-12-35)16-28(29)42(3)4/h5-9,23,28-29H,1,10-20H2,3-4H3/t23?,28-,29-/m1/s1. The van der Waals surface area contributed by atoms with Crippen LogP contribution in [0.1, 0.15) is 36.9 Å². The van der Waals surface area contributed by atoms with Crippen molar-refractivity contribution in [2.45, 2.75) is 56.8 Å². The number of nitrogens with zero attached hydrogens (tertiary/aromatic N) is 7. The lowest BCUT2D eigenvalue weighted by molar-refractivity contribution is -0.131. The van der Waals surface area contributed by atoms with Gasteiger partial charge in [-0.3, -0.25) is 4.79 Å². The van der Waals surface area contributed by atoms with Gasteiger partial charge in [0.05, 0.1) is 17.3 Å². The molecule has 1 aromatic heterocycles. The summed E-state index contributed by atoms with van der Waals surface area (Å²) in [5.74, 6) is -1.56. The van der Waals surface area contributed by atoms with Gasteiger partial charge in [-0.15, -0.1) is 0 Å². The monoisotopic (exact) mass is 661 g/mol. The highest BCUT2D eigenvalue weighted by molar-refractivity contribution is 6.36. The fraction of sp³-hybridized carbons (Fsp3) is 0.486. The van der Waals surface area contributed by atoms with Crippen LogP contribution in [0.3, 0.4) is 0 Å². The van der Waals surface area contributed by atoms with Crippen LogP contribution in [0.2, 0.25) is 5.02 Å². The van der Waals surface area contributed by atoms with Gasteiger partial charge in [-0.25, -0.2) is 15.4 Å². The van der Waals surface area contributed by atoms with Crippen LogP contribution in [0.4, 0.5) is 20.3 Å². The molecule has 12 heteroatoms. The third-order valence-corrected chi connectivity index (χ3v) is 10.8. The van der Waals surface area contributed by atoms with Crippen LogP contribution in [0.25, 0.3) is 15.6 Å². The van der Waals surface area contributed by atoms with Crippen molar-refractivity contribution in [1.29, 1.82) is 0 Å². The van der Waals surface area contributed by atoms with E-state index < -0.39 is 23.6 Å².